The highest BCUT2D eigenvalue weighted by atomic mass is 16.5. The Balaban J connectivity index is 2.98. The van der Waals surface area contributed by atoms with Gasteiger partial charge in [0.2, 0.25) is 0 Å². The van der Waals surface area contributed by atoms with E-state index in [0.717, 1.165) is 12.1 Å². The predicted octanol–water partition coefficient (Wildman–Crippen LogP) is 2.13. The molecule has 0 atom stereocenters. The quantitative estimate of drug-likeness (QED) is 0.807. The predicted molar refractivity (Wildman–Crippen MR) is 56.4 cm³/mol. The molecule has 1 aromatic rings. The molecule has 0 saturated heterocycles. The molecule has 0 saturated carbocycles. The van der Waals surface area contributed by atoms with Crippen molar-refractivity contribution in [2.75, 3.05) is 6.61 Å². The van der Waals surface area contributed by atoms with E-state index in [4.69, 9.17) is 9.84 Å². The molecular weight excluding hydrogens is 194 g/mol. The lowest BCUT2D eigenvalue weighted by molar-refractivity contribution is 0.0692. The molecule has 1 rings (SSSR count). The van der Waals surface area contributed by atoms with Gasteiger partial charge in [0, 0.05) is 5.69 Å². The topological polar surface area (TPSA) is 59.4 Å². The number of hydrogen-bond acceptors (Lipinski definition) is 3. The van der Waals surface area contributed by atoms with Crippen molar-refractivity contribution in [2.45, 2.75) is 26.7 Å². The number of aryl methyl sites for hydroxylation is 1. The lowest BCUT2D eigenvalue weighted by Crippen LogP contribution is -2.06. The number of nitrogens with zero attached hydrogens (tertiary/aromatic N) is 1. The number of rotatable bonds is 5. The van der Waals surface area contributed by atoms with Gasteiger partial charge in [-0.2, -0.15) is 0 Å². The molecule has 15 heavy (non-hydrogen) atoms. The van der Waals surface area contributed by atoms with Gasteiger partial charge in [-0.3, -0.25) is 4.98 Å². The molecule has 1 N–H and O–H groups in total. The zero-order valence-electron chi connectivity index (χ0n) is 8.99. The maximum Gasteiger partial charge on any atom is 0.339 e. The van der Waals surface area contributed by atoms with E-state index in [9.17, 15) is 4.79 Å². The molecule has 1 aromatic heterocycles. The molecule has 0 aromatic carbocycles. The number of carbonyl (C=O) groups is 1. The minimum atomic E-state index is -0.974. The van der Waals surface area contributed by atoms with E-state index in [1.807, 2.05) is 13.8 Å². The number of aromatic nitrogens is 1. The Hall–Kier alpha value is -1.58. The van der Waals surface area contributed by atoms with Crippen LogP contribution in [-0.2, 0) is 6.42 Å². The highest BCUT2D eigenvalue weighted by Crippen LogP contribution is 2.18. The number of ether oxygens (including phenoxy) is 1. The monoisotopic (exact) mass is 209 g/mol. The summed E-state index contributed by atoms with van der Waals surface area (Å²) in [5.74, 6) is -0.625. The first-order chi connectivity index (χ1) is 7.19. The largest absolute Gasteiger partial charge is 0.491 e. The summed E-state index contributed by atoms with van der Waals surface area (Å²) < 4.78 is 5.30. The Morgan fingerprint density at radius 2 is 2.27 bits per heavy atom. The highest BCUT2D eigenvalue weighted by Gasteiger charge is 2.12. The van der Waals surface area contributed by atoms with Crippen LogP contribution >= 0.6 is 0 Å². The summed E-state index contributed by atoms with van der Waals surface area (Å²) in [7, 11) is 0. The Morgan fingerprint density at radius 1 is 1.53 bits per heavy atom. The van der Waals surface area contributed by atoms with E-state index in [1.54, 1.807) is 6.07 Å². The van der Waals surface area contributed by atoms with Gasteiger partial charge in [0.15, 0.2) is 5.75 Å². The Bertz CT molecular complexity index is 350. The van der Waals surface area contributed by atoms with Crippen LogP contribution in [0.3, 0.4) is 0 Å². The van der Waals surface area contributed by atoms with Gasteiger partial charge in [-0.1, -0.05) is 13.8 Å². The summed E-state index contributed by atoms with van der Waals surface area (Å²) >= 11 is 0. The second-order valence-corrected chi connectivity index (χ2v) is 3.18. The van der Waals surface area contributed by atoms with Gasteiger partial charge in [0.25, 0.3) is 0 Å². The van der Waals surface area contributed by atoms with Crippen LogP contribution in [0.5, 0.6) is 5.75 Å². The zero-order valence-corrected chi connectivity index (χ0v) is 8.99. The van der Waals surface area contributed by atoms with Crippen molar-refractivity contribution >= 4 is 5.97 Å². The number of hydrogen-bond donors (Lipinski definition) is 1. The number of pyridine rings is 1. The summed E-state index contributed by atoms with van der Waals surface area (Å²) in [4.78, 5) is 15.1. The van der Waals surface area contributed by atoms with Crippen LogP contribution in [0.4, 0.5) is 0 Å². The molecule has 0 fully saturated rings. The molecule has 82 valence electrons. The first-order valence-electron chi connectivity index (χ1n) is 5.04. The Kier molecular flexibility index (Phi) is 4.09. The molecule has 0 bridgehead atoms. The molecular formula is C11H15NO3. The number of aromatic carboxylic acids is 1. The van der Waals surface area contributed by atoms with E-state index < -0.39 is 5.97 Å². The van der Waals surface area contributed by atoms with E-state index in [-0.39, 0.29) is 5.56 Å². The fourth-order valence-electron chi connectivity index (χ4n) is 1.17. The Labute approximate surface area is 88.9 Å². The molecule has 0 radical (unpaired) electrons. The molecule has 0 amide bonds. The molecule has 4 heteroatoms. The van der Waals surface area contributed by atoms with Gasteiger partial charge in [-0.15, -0.1) is 0 Å². The van der Waals surface area contributed by atoms with Crippen LogP contribution < -0.4 is 4.74 Å². The molecule has 1 heterocycles. The minimum Gasteiger partial charge on any atom is -0.491 e. The molecule has 0 aliphatic heterocycles. The highest BCUT2D eigenvalue weighted by molar-refractivity contribution is 5.90. The third-order valence-corrected chi connectivity index (χ3v) is 1.98. The molecule has 4 nitrogen and oxygen atoms in total. The maximum absolute atomic E-state index is 10.9. The van der Waals surface area contributed by atoms with Crippen molar-refractivity contribution in [3.63, 3.8) is 0 Å². The van der Waals surface area contributed by atoms with Crippen LogP contribution in [-0.4, -0.2) is 22.7 Å². The third kappa shape index (κ3) is 2.94. The molecule has 0 unspecified atom stereocenters. The molecule has 0 aliphatic carbocycles. The summed E-state index contributed by atoms with van der Waals surface area (Å²) in [6.45, 7) is 4.41. The zero-order chi connectivity index (χ0) is 11.3. The van der Waals surface area contributed by atoms with Crippen molar-refractivity contribution in [1.82, 2.24) is 4.98 Å². The first kappa shape index (κ1) is 11.5. The van der Waals surface area contributed by atoms with Gasteiger partial charge >= 0.3 is 5.97 Å². The lowest BCUT2D eigenvalue weighted by atomic mass is 10.2. The SMILES string of the molecule is CCCOc1cnc(CC)cc1C(=O)O. The minimum absolute atomic E-state index is 0.190. The van der Waals surface area contributed by atoms with Gasteiger partial charge in [0.1, 0.15) is 5.56 Å². The third-order valence-electron chi connectivity index (χ3n) is 1.98. The van der Waals surface area contributed by atoms with E-state index in [0.29, 0.717) is 18.8 Å². The van der Waals surface area contributed by atoms with E-state index in [1.165, 1.54) is 6.20 Å². The van der Waals surface area contributed by atoms with Gasteiger partial charge in [-0.25, -0.2) is 4.79 Å². The molecule has 0 spiro atoms. The van der Waals surface area contributed by atoms with Crippen LogP contribution in [0.1, 0.15) is 36.3 Å². The van der Waals surface area contributed by atoms with Crippen molar-refractivity contribution in [2.24, 2.45) is 0 Å². The van der Waals surface area contributed by atoms with E-state index >= 15 is 0 Å². The second kappa shape index (κ2) is 5.34. The van der Waals surface area contributed by atoms with Crippen LogP contribution in [0.15, 0.2) is 12.3 Å². The smallest absolute Gasteiger partial charge is 0.339 e. The standard InChI is InChI=1S/C11H15NO3/c1-3-5-15-10-7-12-8(4-2)6-9(10)11(13)14/h6-7H,3-5H2,1-2H3,(H,13,14). The van der Waals surface area contributed by atoms with Crippen LogP contribution in [0, 0.1) is 0 Å². The number of carboxylic acids is 1. The van der Waals surface area contributed by atoms with Gasteiger partial charge in [0.05, 0.1) is 12.8 Å². The van der Waals surface area contributed by atoms with Crippen molar-refractivity contribution in [3.8, 4) is 5.75 Å². The fraction of sp³-hybridized carbons (Fsp3) is 0.455. The summed E-state index contributed by atoms with van der Waals surface area (Å²) in [6.07, 6.45) is 3.04. The molecule has 0 aliphatic rings. The van der Waals surface area contributed by atoms with Crippen LogP contribution in [0.2, 0.25) is 0 Å². The maximum atomic E-state index is 10.9. The van der Waals surface area contributed by atoms with Gasteiger partial charge < -0.3 is 9.84 Å². The van der Waals surface area contributed by atoms with Crippen LogP contribution in [0.25, 0.3) is 0 Å². The Morgan fingerprint density at radius 3 is 2.80 bits per heavy atom. The lowest BCUT2D eigenvalue weighted by Gasteiger charge is -2.08. The van der Waals surface area contributed by atoms with Crippen molar-refractivity contribution < 1.29 is 14.6 Å². The number of carboxylic acid groups (broad SMARTS) is 1. The second-order valence-electron chi connectivity index (χ2n) is 3.18. The van der Waals surface area contributed by atoms with Crippen molar-refractivity contribution in [3.05, 3.63) is 23.5 Å². The van der Waals surface area contributed by atoms with Crippen molar-refractivity contribution in [1.29, 1.82) is 0 Å². The first-order valence-corrected chi connectivity index (χ1v) is 5.04. The summed E-state index contributed by atoms with van der Waals surface area (Å²) in [5.41, 5.74) is 0.951. The fourth-order valence-corrected chi connectivity index (χ4v) is 1.17. The summed E-state index contributed by atoms with van der Waals surface area (Å²) in [6, 6.07) is 1.56. The average molecular weight is 209 g/mol. The van der Waals surface area contributed by atoms with E-state index in [2.05, 4.69) is 4.98 Å². The normalized spacial score (nSPS) is 10.0. The average Bonchev–Trinajstić information content (AvgIpc) is 2.26. The van der Waals surface area contributed by atoms with Gasteiger partial charge in [-0.05, 0) is 18.9 Å². The summed E-state index contributed by atoms with van der Waals surface area (Å²) in [5, 5.41) is 8.98.